The normalized spacial score (nSPS) is 13.9. The van der Waals surface area contributed by atoms with Gasteiger partial charge in [0, 0.05) is 57.4 Å². The SMILES string of the molecule is Cc1ccc(C(=O)N(CCN2CCN(C(=O)Nc3ccc(F)cc3F)CC2)Cc2ccc(F)cc2)cc1. The third-order valence-electron chi connectivity index (χ3n) is 6.39. The second-order valence-corrected chi connectivity index (χ2v) is 9.10. The second kappa shape index (κ2) is 11.9. The van der Waals surface area contributed by atoms with Crippen molar-refractivity contribution >= 4 is 17.6 Å². The van der Waals surface area contributed by atoms with E-state index in [-0.39, 0.29) is 17.4 Å². The highest BCUT2D eigenvalue weighted by Gasteiger charge is 2.23. The zero-order valence-electron chi connectivity index (χ0n) is 20.6. The van der Waals surface area contributed by atoms with Crippen LogP contribution in [0.1, 0.15) is 21.5 Å². The molecule has 0 radical (unpaired) electrons. The van der Waals surface area contributed by atoms with Gasteiger partial charge in [0.05, 0.1) is 5.69 Å². The van der Waals surface area contributed by atoms with E-state index in [9.17, 15) is 22.8 Å². The zero-order valence-corrected chi connectivity index (χ0v) is 20.6. The third kappa shape index (κ3) is 7.10. The molecule has 0 atom stereocenters. The molecule has 0 aromatic heterocycles. The van der Waals surface area contributed by atoms with E-state index >= 15 is 0 Å². The van der Waals surface area contributed by atoms with E-state index in [0.29, 0.717) is 51.4 Å². The summed E-state index contributed by atoms with van der Waals surface area (Å²) in [5.41, 5.74) is 2.41. The molecule has 1 saturated heterocycles. The predicted octanol–water partition coefficient (Wildman–Crippen LogP) is 4.90. The molecule has 0 unspecified atom stereocenters. The van der Waals surface area contributed by atoms with Crippen LogP contribution in [0.5, 0.6) is 0 Å². The summed E-state index contributed by atoms with van der Waals surface area (Å²) in [6, 6.07) is 16.1. The smallest absolute Gasteiger partial charge is 0.322 e. The summed E-state index contributed by atoms with van der Waals surface area (Å²) >= 11 is 0. The van der Waals surface area contributed by atoms with Gasteiger partial charge in [-0.3, -0.25) is 9.69 Å². The highest BCUT2D eigenvalue weighted by Crippen LogP contribution is 2.17. The average molecular weight is 511 g/mol. The van der Waals surface area contributed by atoms with E-state index in [4.69, 9.17) is 0 Å². The molecule has 3 aromatic rings. The molecule has 1 aliphatic rings. The number of benzene rings is 3. The fourth-order valence-corrected chi connectivity index (χ4v) is 4.16. The topological polar surface area (TPSA) is 55.9 Å². The summed E-state index contributed by atoms with van der Waals surface area (Å²) in [5, 5.41) is 2.49. The van der Waals surface area contributed by atoms with Gasteiger partial charge in [-0.15, -0.1) is 0 Å². The Kier molecular flexibility index (Phi) is 8.45. The first-order valence-electron chi connectivity index (χ1n) is 12.1. The molecular weight excluding hydrogens is 481 g/mol. The molecule has 0 bridgehead atoms. The first-order chi connectivity index (χ1) is 17.8. The fourth-order valence-electron chi connectivity index (χ4n) is 4.16. The lowest BCUT2D eigenvalue weighted by Gasteiger charge is -2.36. The van der Waals surface area contributed by atoms with Gasteiger partial charge in [-0.2, -0.15) is 0 Å². The van der Waals surface area contributed by atoms with Crippen LogP contribution in [0.15, 0.2) is 66.7 Å². The van der Waals surface area contributed by atoms with Gasteiger partial charge in [0.25, 0.3) is 5.91 Å². The Bertz CT molecular complexity index is 1230. The highest BCUT2D eigenvalue weighted by molar-refractivity contribution is 5.94. The molecule has 1 aliphatic heterocycles. The number of aryl methyl sites for hydroxylation is 1. The van der Waals surface area contributed by atoms with Gasteiger partial charge >= 0.3 is 6.03 Å². The summed E-state index contributed by atoms with van der Waals surface area (Å²) < 4.78 is 40.3. The van der Waals surface area contributed by atoms with Gasteiger partial charge in [-0.05, 0) is 48.9 Å². The number of hydrogen-bond acceptors (Lipinski definition) is 3. The molecule has 37 heavy (non-hydrogen) atoms. The molecule has 4 rings (SSSR count). The molecular formula is C28H29F3N4O2. The van der Waals surface area contributed by atoms with Crippen LogP contribution in [0.4, 0.5) is 23.7 Å². The largest absolute Gasteiger partial charge is 0.333 e. The summed E-state index contributed by atoms with van der Waals surface area (Å²) in [6.07, 6.45) is 0. The number of anilines is 1. The molecule has 3 aromatic carbocycles. The number of carbonyl (C=O) groups is 2. The van der Waals surface area contributed by atoms with Crippen molar-refractivity contribution in [1.29, 1.82) is 0 Å². The Morgan fingerprint density at radius 1 is 0.865 bits per heavy atom. The Balaban J connectivity index is 1.34. The molecule has 6 nitrogen and oxygen atoms in total. The first-order valence-corrected chi connectivity index (χ1v) is 12.1. The molecule has 3 amide bonds. The molecule has 0 saturated carbocycles. The molecule has 1 N–H and O–H groups in total. The predicted molar refractivity (Wildman–Crippen MR) is 136 cm³/mol. The van der Waals surface area contributed by atoms with E-state index in [1.165, 1.54) is 18.2 Å². The second-order valence-electron chi connectivity index (χ2n) is 9.10. The van der Waals surface area contributed by atoms with Gasteiger partial charge in [-0.25, -0.2) is 18.0 Å². The standard InChI is InChI=1S/C28H29F3N4O2/c1-20-2-6-22(7-3-20)27(36)35(19-21-4-8-23(29)9-5-21)17-14-33-12-15-34(16-13-33)28(37)32-26-11-10-24(30)18-25(26)31/h2-11,18H,12-17,19H2,1H3,(H,32,37). The van der Waals surface area contributed by atoms with Gasteiger partial charge in [0.2, 0.25) is 0 Å². The fraction of sp³-hybridized carbons (Fsp3) is 0.286. The minimum atomic E-state index is -0.827. The van der Waals surface area contributed by atoms with Crippen molar-refractivity contribution in [2.75, 3.05) is 44.6 Å². The Morgan fingerprint density at radius 3 is 2.16 bits per heavy atom. The Hall–Kier alpha value is -3.85. The van der Waals surface area contributed by atoms with E-state index in [0.717, 1.165) is 23.3 Å². The van der Waals surface area contributed by atoms with Crippen LogP contribution in [0.3, 0.4) is 0 Å². The van der Waals surface area contributed by atoms with Gasteiger partial charge in [0.1, 0.15) is 17.5 Å². The van der Waals surface area contributed by atoms with Crippen LogP contribution in [-0.4, -0.2) is 65.9 Å². The van der Waals surface area contributed by atoms with Crippen molar-refractivity contribution < 1.29 is 22.8 Å². The van der Waals surface area contributed by atoms with Crippen molar-refractivity contribution in [3.05, 3.63) is 101 Å². The van der Waals surface area contributed by atoms with Crippen molar-refractivity contribution in [2.45, 2.75) is 13.5 Å². The quantitative estimate of drug-likeness (QED) is 0.492. The van der Waals surface area contributed by atoms with Gasteiger partial charge in [0.15, 0.2) is 0 Å². The van der Waals surface area contributed by atoms with Crippen LogP contribution in [0, 0.1) is 24.4 Å². The number of carbonyl (C=O) groups excluding carboxylic acids is 2. The Labute approximate surface area is 214 Å². The molecule has 0 aliphatic carbocycles. The number of amides is 3. The Morgan fingerprint density at radius 2 is 1.51 bits per heavy atom. The van der Waals surface area contributed by atoms with E-state index < -0.39 is 17.7 Å². The van der Waals surface area contributed by atoms with Crippen molar-refractivity contribution in [2.24, 2.45) is 0 Å². The number of hydrogen-bond donors (Lipinski definition) is 1. The lowest BCUT2D eigenvalue weighted by atomic mass is 10.1. The number of nitrogens with one attached hydrogen (secondary N) is 1. The number of nitrogens with zero attached hydrogens (tertiary/aromatic N) is 3. The van der Waals surface area contributed by atoms with Crippen LogP contribution >= 0.6 is 0 Å². The van der Waals surface area contributed by atoms with Crippen molar-refractivity contribution in [3.8, 4) is 0 Å². The lowest BCUT2D eigenvalue weighted by molar-refractivity contribution is 0.0704. The summed E-state index contributed by atoms with van der Waals surface area (Å²) in [4.78, 5) is 31.3. The van der Waals surface area contributed by atoms with Gasteiger partial charge in [-0.1, -0.05) is 29.8 Å². The molecule has 1 fully saturated rings. The average Bonchev–Trinajstić information content (AvgIpc) is 2.89. The highest BCUT2D eigenvalue weighted by atomic mass is 19.1. The number of halogens is 3. The summed E-state index contributed by atoms with van der Waals surface area (Å²) in [7, 11) is 0. The van der Waals surface area contributed by atoms with E-state index in [1.807, 2.05) is 19.1 Å². The number of rotatable bonds is 7. The van der Waals surface area contributed by atoms with Crippen molar-refractivity contribution in [3.63, 3.8) is 0 Å². The van der Waals surface area contributed by atoms with Crippen LogP contribution in [0.2, 0.25) is 0 Å². The maximum absolute atomic E-state index is 13.9. The monoisotopic (exact) mass is 510 g/mol. The minimum Gasteiger partial charge on any atom is -0.333 e. The van der Waals surface area contributed by atoms with Crippen LogP contribution < -0.4 is 5.32 Å². The molecule has 1 heterocycles. The van der Waals surface area contributed by atoms with E-state index in [2.05, 4.69) is 10.2 Å². The minimum absolute atomic E-state index is 0.0696. The molecule has 9 heteroatoms. The van der Waals surface area contributed by atoms with E-state index in [1.54, 1.807) is 34.1 Å². The number of piperazine rings is 1. The van der Waals surface area contributed by atoms with Crippen molar-refractivity contribution in [1.82, 2.24) is 14.7 Å². The van der Waals surface area contributed by atoms with Crippen LogP contribution in [-0.2, 0) is 6.54 Å². The first kappa shape index (κ1) is 26.2. The zero-order chi connectivity index (χ0) is 26.4. The summed E-state index contributed by atoms with van der Waals surface area (Å²) in [6.45, 7) is 5.39. The maximum atomic E-state index is 13.9. The van der Waals surface area contributed by atoms with Crippen LogP contribution in [0.25, 0.3) is 0 Å². The maximum Gasteiger partial charge on any atom is 0.322 e. The lowest BCUT2D eigenvalue weighted by Crippen LogP contribution is -2.51. The van der Waals surface area contributed by atoms with Gasteiger partial charge < -0.3 is 15.1 Å². The summed E-state index contributed by atoms with van der Waals surface area (Å²) in [5.74, 6) is -1.97. The number of urea groups is 1. The molecule has 0 spiro atoms. The third-order valence-corrected chi connectivity index (χ3v) is 6.39. The molecule has 194 valence electrons.